The molecule has 0 spiro atoms. The first-order chi connectivity index (χ1) is 8.56. The molecule has 1 aromatic heterocycles. The number of hydrogen-bond acceptors (Lipinski definition) is 3. The number of aromatic nitrogens is 1. The summed E-state index contributed by atoms with van der Waals surface area (Å²) in [5.41, 5.74) is 1.87. The van der Waals surface area contributed by atoms with Crippen molar-refractivity contribution in [1.29, 1.82) is 0 Å². The first-order valence-electron chi connectivity index (χ1n) is 5.67. The monoisotopic (exact) mass is 282 g/mol. The summed E-state index contributed by atoms with van der Waals surface area (Å²) in [6.45, 7) is 2.01. The van der Waals surface area contributed by atoms with E-state index in [9.17, 15) is 4.21 Å². The number of anilines is 1. The summed E-state index contributed by atoms with van der Waals surface area (Å²) in [5, 5.41) is 5.02. The first kappa shape index (κ1) is 13.3. The molecule has 0 amide bonds. The number of pyridine rings is 1. The highest BCUT2D eigenvalue weighted by molar-refractivity contribution is 7.84. The first-order valence-corrected chi connectivity index (χ1v) is 7.77. The molecule has 2 aromatic rings. The summed E-state index contributed by atoms with van der Waals surface area (Å²) in [4.78, 5) is 4.29. The van der Waals surface area contributed by atoms with Crippen molar-refractivity contribution >= 4 is 39.0 Å². The standard InChI is InChI=1S/C13H15ClN2OS/c1-9(8-18(2)17)16-13-5-6-15-12-4-3-10(14)7-11(12)13/h3-7,9H,8H2,1-2H3,(H,15,16). The molecule has 5 heteroatoms. The number of rotatable bonds is 4. The summed E-state index contributed by atoms with van der Waals surface area (Å²) in [6.07, 6.45) is 3.47. The highest BCUT2D eigenvalue weighted by Crippen LogP contribution is 2.25. The van der Waals surface area contributed by atoms with Crippen LogP contribution in [0.5, 0.6) is 0 Å². The molecule has 3 nitrogen and oxygen atoms in total. The van der Waals surface area contributed by atoms with E-state index in [1.54, 1.807) is 12.5 Å². The normalized spacial score (nSPS) is 14.4. The van der Waals surface area contributed by atoms with Crippen LogP contribution in [0.4, 0.5) is 5.69 Å². The molecule has 2 rings (SSSR count). The molecular formula is C13H15ClN2OS. The Labute approximate surface area is 114 Å². The Kier molecular flexibility index (Phi) is 4.19. The molecule has 2 unspecified atom stereocenters. The minimum Gasteiger partial charge on any atom is -0.381 e. The van der Waals surface area contributed by atoms with E-state index in [4.69, 9.17) is 11.6 Å². The highest BCUT2D eigenvalue weighted by Gasteiger charge is 2.07. The summed E-state index contributed by atoms with van der Waals surface area (Å²) in [5.74, 6) is 0.615. The summed E-state index contributed by atoms with van der Waals surface area (Å²) in [7, 11) is -0.812. The zero-order chi connectivity index (χ0) is 13.1. The van der Waals surface area contributed by atoms with Crippen LogP contribution in [0.3, 0.4) is 0 Å². The van der Waals surface area contributed by atoms with Crippen molar-refractivity contribution < 1.29 is 4.21 Å². The van der Waals surface area contributed by atoms with Crippen molar-refractivity contribution in [2.24, 2.45) is 0 Å². The minimum absolute atomic E-state index is 0.139. The lowest BCUT2D eigenvalue weighted by Gasteiger charge is -2.15. The van der Waals surface area contributed by atoms with Crippen LogP contribution < -0.4 is 5.32 Å². The largest absolute Gasteiger partial charge is 0.381 e. The zero-order valence-corrected chi connectivity index (χ0v) is 11.9. The molecule has 0 aliphatic heterocycles. The van der Waals surface area contributed by atoms with Gasteiger partial charge in [-0.25, -0.2) is 0 Å². The Morgan fingerprint density at radius 1 is 1.44 bits per heavy atom. The molecule has 96 valence electrons. The lowest BCUT2D eigenvalue weighted by Crippen LogP contribution is -2.22. The summed E-state index contributed by atoms with van der Waals surface area (Å²) >= 11 is 6.01. The van der Waals surface area contributed by atoms with Crippen LogP contribution in [0.1, 0.15) is 6.92 Å². The van der Waals surface area contributed by atoms with E-state index < -0.39 is 10.8 Å². The topological polar surface area (TPSA) is 42.0 Å². The van der Waals surface area contributed by atoms with E-state index in [1.807, 2.05) is 31.2 Å². The van der Waals surface area contributed by atoms with Crippen LogP contribution in [0.25, 0.3) is 10.9 Å². The molecule has 0 saturated carbocycles. The van der Waals surface area contributed by atoms with Crippen molar-refractivity contribution in [2.75, 3.05) is 17.3 Å². The molecule has 18 heavy (non-hydrogen) atoms. The van der Waals surface area contributed by atoms with Gasteiger partial charge in [0.2, 0.25) is 0 Å². The fourth-order valence-corrected chi connectivity index (χ4v) is 2.86. The number of nitrogens with one attached hydrogen (secondary N) is 1. The SMILES string of the molecule is CC(CS(C)=O)Nc1ccnc2ccc(Cl)cc12. The van der Waals surface area contributed by atoms with E-state index in [0.717, 1.165) is 16.6 Å². The van der Waals surface area contributed by atoms with Gasteiger partial charge in [-0.1, -0.05) is 11.6 Å². The van der Waals surface area contributed by atoms with E-state index in [0.29, 0.717) is 10.8 Å². The maximum absolute atomic E-state index is 11.2. The summed E-state index contributed by atoms with van der Waals surface area (Å²) in [6, 6.07) is 7.66. The van der Waals surface area contributed by atoms with E-state index >= 15 is 0 Å². The van der Waals surface area contributed by atoms with Gasteiger partial charge >= 0.3 is 0 Å². The van der Waals surface area contributed by atoms with Crippen LogP contribution in [0, 0.1) is 0 Å². The van der Waals surface area contributed by atoms with Crippen LogP contribution in [-0.2, 0) is 10.8 Å². The van der Waals surface area contributed by atoms with E-state index in [2.05, 4.69) is 10.3 Å². The molecule has 1 aromatic carbocycles. The molecule has 2 atom stereocenters. The Hall–Kier alpha value is -1.13. The molecule has 0 saturated heterocycles. The fraction of sp³-hybridized carbons (Fsp3) is 0.308. The molecule has 0 fully saturated rings. The molecule has 0 aliphatic rings. The smallest absolute Gasteiger partial charge is 0.0723 e. The quantitative estimate of drug-likeness (QED) is 0.937. The minimum atomic E-state index is -0.812. The van der Waals surface area contributed by atoms with E-state index in [1.165, 1.54) is 0 Å². The van der Waals surface area contributed by atoms with Gasteiger partial charge < -0.3 is 5.32 Å². The molecule has 0 radical (unpaired) electrons. The lowest BCUT2D eigenvalue weighted by molar-refractivity contribution is 0.683. The van der Waals surface area contributed by atoms with Gasteiger partial charge in [0.1, 0.15) is 0 Å². The van der Waals surface area contributed by atoms with Crippen LogP contribution in [-0.4, -0.2) is 27.2 Å². The molecule has 1 heterocycles. The number of hydrogen-bond donors (Lipinski definition) is 1. The maximum Gasteiger partial charge on any atom is 0.0723 e. The molecular weight excluding hydrogens is 268 g/mol. The molecule has 1 N–H and O–H groups in total. The second-order valence-electron chi connectivity index (χ2n) is 4.31. The third kappa shape index (κ3) is 3.21. The maximum atomic E-state index is 11.2. The second-order valence-corrected chi connectivity index (χ2v) is 6.22. The number of nitrogens with zero attached hydrogens (tertiary/aromatic N) is 1. The van der Waals surface area contributed by atoms with Gasteiger partial charge in [0.15, 0.2) is 0 Å². The Morgan fingerprint density at radius 2 is 2.22 bits per heavy atom. The van der Waals surface area contributed by atoms with Crippen molar-refractivity contribution in [3.8, 4) is 0 Å². The number of fused-ring (bicyclic) bond motifs is 1. The van der Waals surface area contributed by atoms with E-state index in [-0.39, 0.29) is 6.04 Å². The van der Waals surface area contributed by atoms with Gasteiger partial charge in [0, 0.05) is 51.1 Å². The summed E-state index contributed by atoms with van der Waals surface area (Å²) < 4.78 is 11.2. The number of halogens is 1. The zero-order valence-electron chi connectivity index (χ0n) is 10.3. The predicted octanol–water partition coefficient (Wildman–Crippen LogP) is 3.07. The van der Waals surface area contributed by atoms with Crippen LogP contribution in [0.15, 0.2) is 30.5 Å². The van der Waals surface area contributed by atoms with Crippen molar-refractivity contribution in [2.45, 2.75) is 13.0 Å². The van der Waals surface area contributed by atoms with Crippen molar-refractivity contribution in [3.05, 3.63) is 35.5 Å². The van der Waals surface area contributed by atoms with Crippen LogP contribution >= 0.6 is 11.6 Å². The van der Waals surface area contributed by atoms with Crippen molar-refractivity contribution in [3.63, 3.8) is 0 Å². The van der Waals surface area contributed by atoms with Gasteiger partial charge in [-0.05, 0) is 31.2 Å². The van der Waals surface area contributed by atoms with Gasteiger partial charge in [-0.15, -0.1) is 0 Å². The average molecular weight is 283 g/mol. The second kappa shape index (κ2) is 5.67. The lowest BCUT2D eigenvalue weighted by atomic mass is 10.2. The van der Waals surface area contributed by atoms with Gasteiger partial charge in [-0.2, -0.15) is 0 Å². The van der Waals surface area contributed by atoms with Gasteiger partial charge in [0.05, 0.1) is 5.52 Å². The van der Waals surface area contributed by atoms with Crippen LogP contribution in [0.2, 0.25) is 5.02 Å². The molecule has 0 bridgehead atoms. The predicted molar refractivity (Wildman–Crippen MR) is 78.8 cm³/mol. The Balaban J connectivity index is 2.32. The molecule has 0 aliphatic carbocycles. The Bertz CT molecular complexity index is 588. The Morgan fingerprint density at radius 3 is 2.94 bits per heavy atom. The fourth-order valence-electron chi connectivity index (χ4n) is 1.90. The number of benzene rings is 1. The highest BCUT2D eigenvalue weighted by atomic mass is 35.5. The van der Waals surface area contributed by atoms with Gasteiger partial charge in [-0.3, -0.25) is 9.19 Å². The third-order valence-electron chi connectivity index (χ3n) is 2.59. The average Bonchev–Trinajstić information content (AvgIpc) is 2.28. The third-order valence-corrected chi connectivity index (χ3v) is 3.79. The van der Waals surface area contributed by atoms with Gasteiger partial charge in [0.25, 0.3) is 0 Å². The van der Waals surface area contributed by atoms with Crippen molar-refractivity contribution in [1.82, 2.24) is 4.98 Å².